The van der Waals surface area contributed by atoms with Crippen molar-refractivity contribution in [2.75, 3.05) is 11.9 Å². The fourth-order valence-electron chi connectivity index (χ4n) is 3.27. The Labute approximate surface area is 166 Å². The van der Waals surface area contributed by atoms with Gasteiger partial charge in [-0.2, -0.15) is 0 Å². The second-order valence-corrected chi connectivity index (χ2v) is 7.05. The van der Waals surface area contributed by atoms with Crippen molar-refractivity contribution in [3.63, 3.8) is 0 Å². The minimum atomic E-state index is -0.00137. The molecule has 0 radical (unpaired) electrons. The largest absolute Gasteiger partial charge is 0.494 e. The number of fused-ring (bicyclic) bond motifs is 1. The van der Waals surface area contributed by atoms with Crippen molar-refractivity contribution < 1.29 is 9.53 Å². The van der Waals surface area contributed by atoms with E-state index in [1.54, 1.807) is 0 Å². The van der Waals surface area contributed by atoms with Crippen LogP contribution in [0.1, 0.15) is 50.4 Å². The fourth-order valence-corrected chi connectivity index (χ4v) is 3.27. The number of pyridine rings is 1. The van der Waals surface area contributed by atoms with E-state index in [2.05, 4.69) is 21.6 Å². The van der Waals surface area contributed by atoms with Crippen LogP contribution in [0.15, 0.2) is 48.7 Å². The van der Waals surface area contributed by atoms with Crippen molar-refractivity contribution in [2.45, 2.75) is 52.4 Å². The summed E-state index contributed by atoms with van der Waals surface area (Å²) in [6.45, 7) is 4.93. The molecule has 28 heavy (non-hydrogen) atoms. The van der Waals surface area contributed by atoms with Gasteiger partial charge in [0.1, 0.15) is 11.4 Å². The van der Waals surface area contributed by atoms with Gasteiger partial charge in [0.2, 0.25) is 5.91 Å². The SMILES string of the molecule is CCCCCCOc1ccc(NC(=O)CCc2c(C)nc3ccccn23)cc1. The Kier molecular flexibility index (Phi) is 7.06. The van der Waals surface area contributed by atoms with Crippen molar-refractivity contribution in [1.82, 2.24) is 9.38 Å². The van der Waals surface area contributed by atoms with Crippen LogP contribution in [0.5, 0.6) is 5.75 Å². The average Bonchev–Trinajstić information content (AvgIpc) is 3.02. The number of hydrogen-bond donors (Lipinski definition) is 1. The standard InChI is InChI=1S/C23H29N3O2/c1-3-4-5-8-17-28-20-12-10-19(11-13-20)25-23(27)15-14-21-18(2)24-22-9-6-7-16-26(21)22/h6-7,9-13,16H,3-5,8,14-15,17H2,1-2H3,(H,25,27). The number of imidazole rings is 1. The molecule has 1 N–H and O–H groups in total. The van der Waals surface area contributed by atoms with Gasteiger partial charge >= 0.3 is 0 Å². The maximum absolute atomic E-state index is 12.3. The second kappa shape index (κ2) is 9.93. The normalized spacial score (nSPS) is 10.9. The monoisotopic (exact) mass is 379 g/mol. The van der Waals surface area contributed by atoms with E-state index >= 15 is 0 Å². The third-order valence-corrected chi connectivity index (χ3v) is 4.82. The fraction of sp³-hybridized carbons (Fsp3) is 0.391. The van der Waals surface area contributed by atoms with Gasteiger partial charge in [-0.05, 0) is 56.2 Å². The molecule has 1 aromatic carbocycles. The third-order valence-electron chi connectivity index (χ3n) is 4.82. The van der Waals surface area contributed by atoms with E-state index in [0.717, 1.165) is 41.5 Å². The van der Waals surface area contributed by atoms with Gasteiger partial charge in [-0.3, -0.25) is 4.79 Å². The molecule has 0 aliphatic carbocycles. The second-order valence-electron chi connectivity index (χ2n) is 7.05. The third kappa shape index (κ3) is 5.35. The number of aryl methyl sites for hydroxylation is 2. The molecular weight excluding hydrogens is 350 g/mol. The summed E-state index contributed by atoms with van der Waals surface area (Å²) in [6, 6.07) is 13.5. The Hall–Kier alpha value is -2.82. The van der Waals surface area contributed by atoms with Crippen LogP contribution >= 0.6 is 0 Å². The van der Waals surface area contributed by atoms with Crippen molar-refractivity contribution >= 4 is 17.2 Å². The van der Waals surface area contributed by atoms with Gasteiger partial charge in [-0.15, -0.1) is 0 Å². The van der Waals surface area contributed by atoms with Crippen molar-refractivity contribution in [1.29, 1.82) is 0 Å². The summed E-state index contributed by atoms with van der Waals surface area (Å²) < 4.78 is 7.79. The van der Waals surface area contributed by atoms with E-state index in [1.165, 1.54) is 19.3 Å². The lowest BCUT2D eigenvalue weighted by molar-refractivity contribution is -0.116. The van der Waals surface area contributed by atoms with Gasteiger partial charge in [0.25, 0.3) is 0 Å². The molecule has 0 aliphatic heterocycles. The lowest BCUT2D eigenvalue weighted by Crippen LogP contribution is -2.13. The van der Waals surface area contributed by atoms with Crippen LogP contribution < -0.4 is 10.1 Å². The molecule has 0 bridgehead atoms. The Morgan fingerprint density at radius 3 is 2.71 bits per heavy atom. The molecule has 0 atom stereocenters. The first-order valence-electron chi connectivity index (χ1n) is 10.1. The van der Waals surface area contributed by atoms with Gasteiger partial charge in [0.05, 0.1) is 12.3 Å². The Morgan fingerprint density at radius 1 is 1.11 bits per heavy atom. The molecule has 2 aromatic heterocycles. The van der Waals surface area contributed by atoms with Gasteiger partial charge in [0, 0.05) is 24.0 Å². The highest BCUT2D eigenvalue weighted by atomic mass is 16.5. The molecule has 0 unspecified atom stereocenters. The zero-order valence-corrected chi connectivity index (χ0v) is 16.8. The summed E-state index contributed by atoms with van der Waals surface area (Å²) in [7, 11) is 0. The van der Waals surface area contributed by atoms with Gasteiger partial charge in [0.15, 0.2) is 0 Å². The van der Waals surface area contributed by atoms with E-state index in [9.17, 15) is 4.79 Å². The van der Waals surface area contributed by atoms with E-state index in [0.29, 0.717) is 12.8 Å². The summed E-state index contributed by atoms with van der Waals surface area (Å²) in [5, 5.41) is 2.96. The molecule has 0 saturated carbocycles. The van der Waals surface area contributed by atoms with Crippen LogP contribution in [0.4, 0.5) is 5.69 Å². The number of carbonyl (C=O) groups excluding carboxylic acids is 1. The molecular formula is C23H29N3O2. The van der Waals surface area contributed by atoms with Crippen LogP contribution in [0, 0.1) is 6.92 Å². The van der Waals surface area contributed by atoms with Crippen LogP contribution in [-0.2, 0) is 11.2 Å². The van der Waals surface area contributed by atoms with Gasteiger partial charge in [-0.25, -0.2) is 4.98 Å². The molecule has 2 heterocycles. The van der Waals surface area contributed by atoms with Gasteiger partial charge < -0.3 is 14.5 Å². The van der Waals surface area contributed by atoms with Crippen molar-refractivity contribution in [3.8, 4) is 5.75 Å². The quantitative estimate of drug-likeness (QED) is 0.494. The first-order chi connectivity index (χ1) is 13.7. The van der Waals surface area contributed by atoms with Crippen molar-refractivity contribution in [3.05, 3.63) is 60.0 Å². The maximum Gasteiger partial charge on any atom is 0.224 e. The predicted octanol–water partition coefficient (Wildman–Crippen LogP) is 5.17. The first-order valence-corrected chi connectivity index (χ1v) is 10.1. The number of ether oxygens (including phenoxy) is 1. The number of hydrogen-bond acceptors (Lipinski definition) is 3. The number of carbonyl (C=O) groups is 1. The summed E-state index contributed by atoms with van der Waals surface area (Å²) in [5.41, 5.74) is 3.76. The number of unbranched alkanes of at least 4 members (excludes halogenated alkanes) is 3. The predicted molar refractivity (Wildman–Crippen MR) is 113 cm³/mol. The average molecular weight is 380 g/mol. The molecule has 0 saturated heterocycles. The highest BCUT2D eigenvalue weighted by Crippen LogP contribution is 2.18. The van der Waals surface area contributed by atoms with E-state index in [-0.39, 0.29) is 5.91 Å². The molecule has 5 heteroatoms. The summed E-state index contributed by atoms with van der Waals surface area (Å²) in [5.74, 6) is 0.842. The number of nitrogens with one attached hydrogen (secondary N) is 1. The minimum absolute atomic E-state index is 0.00137. The van der Waals surface area contributed by atoms with E-state index in [1.807, 2.05) is 55.6 Å². The number of rotatable bonds is 10. The highest BCUT2D eigenvalue weighted by molar-refractivity contribution is 5.90. The number of aromatic nitrogens is 2. The van der Waals surface area contributed by atoms with Crippen molar-refractivity contribution in [2.24, 2.45) is 0 Å². The Bertz CT molecular complexity index is 900. The molecule has 0 fully saturated rings. The summed E-state index contributed by atoms with van der Waals surface area (Å²) >= 11 is 0. The summed E-state index contributed by atoms with van der Waals surface area (Å²) in [4.78, 5) is 16.9. The Balaban J connectivity index is 1.47. The number of anilines is 1. The van der Waals surface area contributed by atoms with Gasteiger partial charge in [-0.1, -0.05) is 32.3 Å². The van der Waals surface area contributed by atoms with E-state index in [4.69, 9.17) is 4.74 Å². The molecule has 148 valence electrons. The van der Waals surface area contributed by atoms with Crippen LogP contribution in [0.3, 0.4) is 0 Å². The lowest BCUT2D eigenvalue weighted by Gasteiger charge is -2.09. The smallest absolute Gasteiger partial charge is 0.224 e. The maximum atomic E-state index is 12.3. The zero-order chi connectivity index (χ0) is 19.8. The first kappa shape index (κ1) is 19.9. The lowest BCUT2D eigenvalue weighted by atomic mass is 10.2. The molecule has 3 aromatic rings. The molecule has 0 aliphatic rings. The van der Waals surface area contributed by atoms with Crippen LogP contribution in [0.2, 0.25) is 0 Å². The zero-order valence-electron chi connectivity index (χ0n) is 16.8. The Morgan fingerprint density at radius 2 is 1.93 bits per heavy atom. The molecule has 1 amide bonds. The number of benzene rings is 1. The van der Waals surface area contributed by atoms with Crippen LogP contribution in [0.25, 0.3) is 5.65 Å². The highest BCUT2D eigenvalue weighted by Gasteiger charge is 2.10. The number of nitrogens with zero attached hydrogens (tertiary/aromatic N) is 2. The topological polar surface area (TPSA) is 55.6 Å². The summed E-state index contributed by atoms with van der Waals surface area (Å²) in [6.07, 6.45) is 7.82. The minimum Gasteiger partial charge on any atom is -0.494 e. The van der Waals surface area contributed by atoms with E-state index < -0.39 is 0 Å². The molecule has 3 rings (SSSR count). The number of amides is 1. The molecule has 5 nitrogen and oxygen atoms in total. The molecule has 0 spiro atoms. The van der Waals surface area contributed by atoms with Crippen LogP contribution in [-0.4, -0.2) is 21.9 Å².